The Morgan fingerprint density at radius 3 is 1.31 bits per heavy atom. The standard InChI is InChI=1S/C69H45NO/c1-3-17-46(18-4-1)47-31-38-53(39-32-47)70(54-40-33-51(34-41-54)56-24-12-11-23-55(56)48-19-5-2-6-20-48)66-30-16-14-25-57(66)52-37-42-63-61(45-52)60-28-13-15-29-62(60)69(63)64-43-35-49-21-7-9-26-58(49)67(64)71-68-59-27-10-8-22-50(59)36-44-65(68)69/h1-45H. The molecule has 1 heterocycles. The molecule has 0 fully saturated rings. The minimum absolute atomic E-state index is 0.617. The molecule has 0 saturated heterocycles. The van der Waals surface area contributed by atoms with Gasteiger partial charge in [0.1, 0.15) is 11.5 Å². The summed E-state index contributed by atoms with van der Waals surface area (Å²) in [6.45, 7) is 0. The predicted octanol–water partition coefficient (Wildman–Crippen LogP) is 18.6. The molecule has 2 heteroatoms. The first-order valence-corrected chi connectivity index (χ1v) is 24.5. The quantitative estimate of drug-likeness (QED) is 0.158. The van der Waals surface area contributed by atoms with Crippen molar-refractivity contribution in [2.75, 3.05) is 4.90 Å². The molecule has 0 saturated carbocycles. The van der Waals surface area contributed by atoms with Gasteiger partial charge in [0.05, 0.1) is 11.1 Å². The minimum atomic E-state index is -0.617. The fourth-order valence-electron chi connectivity index (χ4n) is 11.7. The fraction of sp³-hybridized carbons (Fsp3) is 0.0145. The molecule has 332 valence electrons. The molecule has 0 N–H and O–H groups in total. The zero-order valence-electron chi connectivity index (χ0n) is 38.8. The number of hydrogen-bond acceptors (Lipinski definition) is 2. The first-order chi connectivity index (χ1) is 35.2. The Balaban J connectivity index is 0.951. The van der Waals surface area contributed by atoms with E-state index >= 15 is 0 Å². The molecule has 12 aromatic carbocycles. The van der Waals surface area contributed by atoms with Gasteiger partial charge in [-0.2, -0.15) is 0 Å². The summed E-state index contributed by atoms with van der Waals surface area (Å²) >= 11 is 0. The van der Waals surface area contributed by atoms with E-state index in [1.54, 1.807) is 0 Å². The van der Waals surface area contributed by atoms with Crippen molar-refractivity contribution in [3.8, 4) is 67.1 Å². The van der Waals surface area contributed by atoms with E-state index in [1.165, 1.54) is 66.8 Å². The molecule has 0 atom stereocenters. The summed E-state index contributed by atoms with van der Waals surface area (Å²) in [4.78, 5) is 2.42. The number of anilines is 3. The lowest BCUT2D eigenvalue weighted by Gasteiger charge is -2.40. The van der Waals surface area contributed by atoms with Crippen molar-refractivity contribution in [2.45, 2.75) is 5.41 Å². The Labute approximate surface area is 414 Å². The van der Waals surface area contributed by atoms with Crippen LogP contribution in [0.15, 0.2) is 273 Å². The van der Waals surface area contributed by atoms with Crippen LogP contribution in [0.5, 0.6) is 11.5 Å². The molecule has 12 aromatic rings. The van der Waals surface area contributed by atoms with Crippen molar-refractivity contribution in [1.82, 2.24) is 0 Å². The first kappa shape index (κ1) is 40.8. The maximum atomic E-state index is 7.23. The molecule has 1 aliphatic carbocycles. The lowest BCUT2D eigenvalue weighted by Crippen LogP contribution is -2.32. The Morgan fingerprint density at radius 2 is 0.690 bits per heavy atom. The van der Waals surface area contributed by atoms with Crippen LogP contribution in [-0.4, -0.2) is 0 Å². The predicted molar refractivity (Wildman–Crippen MR) is 295 cm³/mol. The molecule has 2 nitrogen and oxygen atoms in total. The molecular weight excluding hydrogens is 859 g/mol. The van der Waals surface area contributed by atoms with Crippen LogP contribution in [-0.2, 0) is 5.41 Å². The summed E-state index contributed by atoms with van der Waals surface area (Å²) in [5.41, 5.74) is 19.4. The maximum absolute atomic E-state index is 7.23. The Kier molecular flexibility index (Phi) is 9.47. The van der Waals surface area contributed by atoms with E-state index < -0.39 is 5.41 Å². The fourth-order valence-corrected chi connectivity index (χ4v) is 11.7. The van der Waals surface area contributed by atoms with Crippen LogP contribution in [0.3, 0.4) is 0 Å². The van der Waals surface area contributed by atoms with Crippen LogP contribution >= 0.6 is 0 Å². The number of para-hydroxylation sites is 1. The Hall–Kier alpha value is -9.24. The second-order valence-electron chi connectivity index (χ2n) is 18.7. The molecule has 0 unspecified atom stereocenters. The SMILES string of the molecule is c1ccc(-c2ccc(N(c3ccc(-c4ccccc4-c4ccccc4)cc3)c3ccccc3-c3ccc4c(c3)-c3ccccc3C43c4ccc5ccccc5c4Oc4c3ccc3ccccc43)cc2)cc1. The second kappa shape index (κ2) is 16.5. The number of hydrogen-bond donors (Lipinski definition) is 0. The van der Waals surface area contributed by atoms with Gasteiger partial charge in [0.25, 0.3) is 0 Å². The summed E-state index contributed by atoms with van der Waals surface area (Å²) in [5, 5.41) is 4.55. The van der Waals surface area contributed by atoms with Crippen molar-refractivity contribution >= 4 is 38.6 Å². The van der Waals surface area contributed by atoms with Gasteiger partial charge in [0.2, 0.25) is 0 Å². The van der Waals surface area contributed by atoms with Crippen LogP contribution < -0.4 is 9.64 Å². The highest BCUT2D eigenvalue weighted by Crippen LogP contribution is 2.64. The van der Waals surface area contributed by atoms with E-state index in [9.17, 15) is 0 Å². The van der Waals surface area contributed by atoms with E-state index in [2.05, 4.69) is 278 Å². The molecule has 14 rings (SSSR count). The zero-order valence-corrected chi connectivity index (χ0v) is 38.8. The van der Waals surface area contributed by atoms with Crippen LogP contribution in [0, 0.1) is 0 Å². The van der Waals surface area contributed by atoms with Gasteiger partial charge in [-0.05, 0) is 108 Å². The molecular formula is C69H45NO. The smallest absolute Gasteiger partial charge is 0.140 e. The monoisotopic (exact) mass is 903 g/mol. The van der Waals surface area contributed by atoms with Crippen LogP contribution in [0.2, 0.25) is 0 Å². The van der Waals surface area contributed by atoms with Gasteiger partial charge in [-0.15, -0.1) is 0 Å². The van der Waals surface area contributed by atoms with Gasteiger partial charge in [-0.1, -0.05) is 237 Å². The molecule has 0 radical (unpaired) electrons. The van der Waals surface area contributed by atoms with Gasteiger partial charge in [-0.25, -0.2) is 0 Å². The maximum Gasteiger partial charge on any atom is 0.140 e. The summed E-state index contributed by atoms with van der Waals surface area (Å²) < 4.78 is 7.23. The molecule has 0 amide bonds. The lowest BCUT2D eigenvalue weighted by molar-refractivity contribution is 0.447. The Bertz CT molecular complexity index is 3920. The van der Waals surface area contributed by atoms with E-state index in [0.29, 0.717) is 0 Å². The summed E-state index contributed by atoms with van der Waals surface area (Å²) in [6.07, 6.45) is 0. The zero-order chi connectivity index (χ0) is 46.9. The Morgan fingerprint density at radius 1 is 0.268 bits per heavy atom. The van der Waals surface area contributed by atoms with Crippen LogP contribution in [0.25, 0.3) is 77.2 Å². The molecule has 0 aromatic heterocycles. The van der Waals surface area contributed by atoms with Gasteiger partial charge in [-0.3, -0.25) is 0 Å². The number of nitrogens with zero attached hydrogens (tertiary/aromatic N) is 1. The molecule has 1 aliphatic heterocycles. The molecule has 0 bridgehead atoms. The van der Waals surface area contributed by atoms with Crippen molar-refractivity contribution in [3.05, 3.63) is 295 Å². The van der Waals surface area contributed by atoms with Gasteiger partial charge < -0.3 is 9.64 Å². The van der Waals surface area contributed by atoms with Crippen LogP contribution in [0.4, 0.5) is 17.1 Å². The van der Waals surface area contributed by atoms with Crippen LogP contribution in [0.1, 0.15) is 22.3 Å². The molecule has 2 aliphatic rings. The molecule has 71 heavy (non-hydrogen) atoms. The van der Waals surface area contributed by atoms with E-state index in [4.69, 9.17) is 4.74 Å². The number of benzene rings is 12. The van der Waals surface area contributed by atoms with Crippen molar-refractivity contribution < 1.29 is 4.74 Å². The average Bonchev–Trinajstić information content (AvgIpc) is 3.74. The van der Waals surface area contributed by atoms with E-state index in [1.807, 2.05) is 0 Å². The summed E-state index contributed by atoms with van der Waals surface area (Å²) in [5.74, 6) is 1.85. The highest BCUT2D eigenvalue weighted by Gasteiger charge is 2.52. The van der Waals surface area contributed by atoms with Crippen molar-refractivity contribution in [2.24, 2.45) is 0 Å². The number of ether oxygens (including phenoxy) is 1. The number of rotatable bonds is 7. The number of fused-ring (bicyclic) bond motifs is 13. The van der Waals surface area contributed by atoms with E-state index in [-0.39, 0.29) is 0 Å². The third kappa shape index (κ3) is 6.42. The van der Waals surface area contributed by atoms with Crippen molar-refractivity contribution in [1.29, 1.82) is 0 Å². The van der Waals surface area contributed by atoms with Gasteiger partial charge in [0.15, 0.2) is 0 Å². The first-order valence-electron chi connectivity index (χ1n) is 24.5. The van der Waals surface area contributed by atoms with Gasteiger partial charge >= 0.3 is 0 Å². The summed E-state index contributed by atoms with van der Waals surface area (Å²) in [6, 6.07) is 99.6. The van der Waals surface area contributed by atoms with Crippen molar-refractivity contribution in [3.63, 3.8) is 0 Å². The molecule has 1 spiro atoms. The average molecular weight is 904 g/mol. The highest BCUT2D eigenvalue weighted by atomic mass is 16.5. The largest absolute Gasteiger partial charge is 0.455 e. The second-order valence-corrected chi connectivity index (χ2v) is 18.7. The minimum Gasteiger partial charge on any atom is -0.455 e. The lowest BCUT2D eigenvalue weighted by atomic mass is 9.65. The topological polar surface area (TPSA) is 12.5 Å². The normalized spacial score (nSPS) is 12.7. The van der Waals surface area contributed by atoms with E-state index in [0.717, 1.165) is 61.2 Å². The third-order valence-corrected chi connectivity index (χ3v) is 15.0. The highest BCUT2D eigenvalue weighted by molar-refractivity contribution is 6.01. The summed E-state index contributed by atoms with van der Waals surface area (Å²) in [7, 11) is 0. The van der Waals surface area contributed by atoms with Gasteiger partial charge in [0, 0.05) is 38.8 Å². The third-order valence-electron chi connectivity index (χ3n) is 15.0.